The van der Waals surface area contributed by atoms with Crippen LogP contribution < -0.4 is 26.2 Å². The van der Waals surface area contributed by atoms with Crippen LogP contribution in [0.4, 0.5) is 17.5 Å². The average molecular weight is 361 g/mol. The lowest BCUT2D eigenvalue weighted by Gasteiger charge is -2.27. The van der Waals surface area contributed by atoms with Crippen molar-refractivity contribution in [2.24, 2.45) is 0 Å². The number of nitrogen functional groups attached to an aromatic ring is 1. The van der Waals surface area contributed by atoms with Crippen LogP contribution in [0.15, 0.2) is 29.1 Å². The fourth-order valence-corrected chi connectivity index (χ4v) is 2.86. The molecule has 132 valence electrons. The molecule has 1 aliphatic rings. The van der Waals surface area contributed by atoms with E-state index >= 15 is 0 Å². The molecule has 4 N–H and O–H groups in total. The van der Waals surface area contributed by atoms with Crippen molar-refractivity contribution in [2.45, 2.75) is 0 Å². The first kappa shape index (κ1) is 17.2. The summed E-state index contributed by atoms with van der Waals surface area (Å²) >= 11 is 5.34. The van der Waals surface area contributed by atoms with Gasteiger partial charge in [0.2, 0.25) is 5.95 Å². The molecule has 25 heavy (non-hydrogen) atoms. The van der Waals surface area contributed by atoms with Gasteiger partial charge >= 0.3 is 0 Å². The molecule has 2 aromatic rings. The minimum Gasteiger partial charge on any atom is -0.495 e. The molecule has 0 aliphatic carbocycles. The number of para-hydroxylation sites is 2. The summed E-state index contributed by atoms with van der Waals surface area (Å²) in [5.41, 5.74) is 6.40. The second-order valence-corrected chi connectivity index (χ2v) is 5.81. The van der Waals surface area contributed by atoms with Gasteiger partial charge in [0.05, 0.1) is 26.0 Å². The summed E-state index contributed by atoms with van der Waals surface area (Å²) in [6.07, 6.45) is 0. The van der Waals surface area contributed by atoms with E-state index in [1.54, 1.807) is 19.2 Å². The summed E-state index contributed by atoms with van der Waals surface area (Å²) < 4.78 is 10.6. The van der Waals surface area contributed by atoms with Crippen molar-refractivity contribution in [1.82, 2.24) is 9.97 Å². The Labute approximate surface area is 150 Å². The number of rotatable bonds is 4. The normalized spacial score (nSPS) is 14.2. The van der Waals surface area contributed by atoms with Gasteiger partial charge in [-0.2, -0.15) is 4.98 Å². The highest BCUT2D eigenvalue weighted by atomic mass is 32.1. The molecule has 1 aromatic heterocycles. The molecule has 0 bridgehead atoms. The maximum atomic E-state index is 12.5. The zero-order chi connectivity index (χ0) is 17.8. The van der Waals surface area contributed by atoms with Gasteiger partial charge in [-0.15, -0.1) is 0 Å². The fraction of sp³-hybridized carbons (Fsp3) is 0.312. The standard InChI is InChI=1S/C16H19N5O3S/c1-23-11-5-3-2-4-10(11)18-15(25)12-13(17)19-16(20-14(12)22)21-6-8-24-9-7-21/h2-5H,6-9H2,1H3,(H,18,25)(H3,17,19,20,22). The molecule has 3 rings (SSSR count). The average Bonchev–Trinajstić information content (AvgIpc) is 2.62. The van der Waals surface area contributed by atoms with Crippen molar-refractivity contribution in [3.63, 3.8) is 0 Å². The maximum Gasteiger partial charge on any atom is 0.264 e. The molecule has 2 heterocycles. The molecular weight excluding hydrogens is 342 g/mol. The summed E-state index contributed by atoms with van der Waals surface area (Å²) in [6, 6.07) is 7.26. The summed E-state index contributed by atoms with van der Waals surface area (Å²) in [5, 5.41) is 2.99. The second-order valence-electron chi connectivity index (χ2n) is 5.40. The molecule has 0 amide bonds. The third-order valence-corrected chi connectivity index (χ3v) is 4.13. The lowest BCUT2D eigenvalue weighted by atomic mass is 10.2. The van der Waals surface area contributed by atoms with Gasteiger partial charge in [0, 0.05) is 13.1 Å². The van der Waals surface area contributed by atoms with Crippen LogP contribution >= 0.6 is 12.2 Å². The van der Waals surface area contributed by atoms with Crippen molar-refractivity contribution < 1.29 is 9.47 Å². The number of ether oxygens (including phenoxy) is 2. The van der Waals surface area contributed by atoms with Crippen LogP contribution in [-0.2, 0) is 4.74 Å². The van der Waals surface area contributed by atoms with E-state index in [4.69, 9.17) is 27.4 Å². The Morgan fingerprint density at radius 2 is 2.12 bits per heavy atom. The van der Waals surface area contributed by atoms with Crippen LogP contribution in [0.1, 0.15) is 5.56 Å². The van der Waals surface area contributed by atoms with Crippen LogP contribution in [0.3, 0.4) is 0 Å². The number of benzene rings is 1. The number of anilines is 3. The van der Waals surface area contributed by atoms with E-state index in [1.165, 1.54) is 0 Å². The van der Waals surface area contributed by atoms with Gasteiger partial charge in [-0.3, -0.25) is 9.78 Å². The van der Waals surface area contributed by atoms with Crippen LogP contribution in [0.5, 0.6) is 5.75 Å². The first-order chi connectivity index (χ1) is 12.1. The number of aromatic amines is 1. The van der Waals surface area contributed by atoms with E-state index in [1.807, 2.05) is 17.0 Å². The first-order valence-electron chi connectivity index (χ1n) is 7.77. The highest BCUT2D eigenvalue weighted by molar-refractivity contribution is 7.81. The number of thiocarbonyl (C=S) groups is 1. The Hall–Kier alpha value is -2.65. The van der Waals surface area contributed by atoms with E-state index in [0.29, 0.717) is 43.7 Å². The third kappa shape index (κ3) is 3.72. The number of methoxy groups -OCH3 is 1. The van der Waals surface area contributed by atoms with Gasteiger partial charge in [-0.05, 0) is 12.1 Å². The van der Waals surface area contributed by atoms with Crippen molar-refractivity contribution in [3.05, 3.63) is 40.2 Å². The molecule has 1 aromatic carbocycles. The van der Waals surface area contributed by atoms with Crippen LogP contribution in [-0.4, -0.2) is 48.4 Å². The van der Waals surface area contributed by atoms with Gasteiger partial charge < -0.3 is 25.4 Å². The maximum absolute atomic E-state index is 12.5. The molecular formula is C16H19N5O3S. The number of hydrogen-bond donors (Lipinski definition) is 3. The van der Waals surface area contributed by atoms with Gasteiger partial charge in [-0.25, -0.2) is 0 Å². The second kappa shape index (κ2) is 7.49. The Kier molecular flexibility index (Phi) is 5.15. The molecule has 8 nitrogen and oxygen atoms in total. The van der Waals surface area contributed by atoms with E-state index < -0.39 is 0 Å². The van der Waals surface area contributed by atoms with Gasteiger partial charge in [0.15, 0.2) is 0 Å². The van der Waals surface area contributed by atoms with Crippen molar-refractivity contribution >= 4 is 34.7 Å². The fourth-order valence-electron chi connectivity index (χ4n) is 2.56. The lowest BCUT2D eigenvalue weighted by molar-refractivity contribution is 0.122. The van der Waals surface area contributed by atoms with Crippen LogP contribution in [0.2, 0.25) is 0 Å². The molecule has 1 aliphatic heterocycles. The highest BCUT2D eigenvalue weighted by Crippen LogP contribution is 2.24. The monoisotopic (exact) mass is 361 g/mol. The smallest absolute Gasteiger partial charge is 0.264 e. The molecule has 0 saturated carbocycles. The molecule has 0 unspecified atom stereocenters. The van der Waals surface area contributed by atoms with E-state index in [-0.39, 0.29) is 21.9 Å². The molecule has 0 spiro atoms. The van der Waals surface area contributed by atoms with E-state index in [0.717, 1.165) is 0 Å². The predicted octanol–water partition coefficient (Wildman–Crippen LogP) is 0.985. The third-order valence-electron chi connectivity index (χ3n) is 3.83. The van der Waals surface area contributed by atoms with Crippen LogP contribution in [0, 0.1) is 0 Å². The predicted molar refractivity (Wildman–Crippen MR) is 101 cm³/mol. The number of hydrogen-bond acceptors (Lipinski definition) is 7. The topological polar surface area (TPSA) is 106 Å². The number of morpholine rings is 1. The summed E-state index contributed by atoms with van der Waals surface area (Å²) in [7, 11) is 1.56. The summed E-state index contributed by atoms with van der Waals surface area (Å²) in [5.74, 6) is 1.12. The van der Waals surface area contributed by atoms with Crippen molar-refractivity contribution in [2.75, 3.05) is 49.4 Å². The van der Waals surface area contributed by atoms with Crippen LogP contribution in [0.25, 0.3) is 0 Å². The Bertz CT molecular complexity index is 833. The Morgan fingerprint density at radius 1 is 1.40 bits per heavy atom. The van der Waals surface area contributed by atoms with Crippen molar-refractivity contribution in [1.29, 1.82) is 0 Å². The van der Waals surface area contributed by atoms with E-state index in [9.17, 15) is 4.79 Å². The number of nitrogens with one attached hydrogen (secondary N) is 2. The highest BCUT2D eigenvalue weighted by Gasteiger charge is 2.19. The zero-order valence-corrected chi connectivity index (χ0v) is 14.6. The van der Waals surface area contributed by atoms with Gasteiger partial charge in [0.25, 0.3) is 5.56 Å². The number of nitrogens with zero attached hydrogens (tertiary/aromatic N) is 2. The molecule has 0 atom stereocenters. The number of H-pyrrole nitrogens is 1. The largest absolute Gasteiger partial charge is 0.495 e. The summed E-state index contributed by atoms with van der Waals surface area (Å²) in [6.45, 7) is 2.45. The quantitative estimate of drug-likeness (QED) is 0.692. The minimum atomic E-state index is -0.388. The molecule has 0 radical (unpaired) electrons. The summed E-state index contributed by atoms with van der Waals surface area (Å²) in [4.78, 5) is 21.6. The first-order valence-corrected chi connectivity index (χ1v) is 8.18. The Morgan fingerprint density at radius 3 is 2.80 bits per heavy atom. The Balaban J connectivity index is 1.86. The van der Waals surface area contributed by atoms with Gasteiger partial charge in [0.1, 0.15) is 22.1 Å². The molecule has 1 saturated heterocycles. The molecule has 9 heteroatoms. The molecule has 1 fully saturated rings. The lowest BCUT2D eigenvalue weighted by Crippen LogP contribution is -2.39. The minimum absolute atomic E-state index is 0.0811. The number of nitrogens with two attached hydrogens (primary N) is 1. The SMILES string of the molecule is COc1ccccc1NC(=S)c1c(N)nc(N2CCOCC2)[nH]c1=O. The van der Waals surface area contributed by atoms with Gasteiger partial charge in [-0.1, -0.05) is 24.4 Å². The number of aromatic nitrogens is 2. The zero-order valence-electron chi connectivity index (χ0n) is 13.7. The van der Waals surface area contributed by atoms with E-state index in [2.05, 4.69) is 15.3 Å². The van der Waals surface area contributed by atoms with Crippen molar-refractivity contribution in [3.8, 4) is 5.75 Å².